The van der Waals surface area contributed by atoms with E-state index in [1.807, 2.05) is 0 Å². The van der Waals surface area contributed by atoms with Gasteiger partial charge in [0.1, 0.15) is 11.2 Å². The Balaban J connectivity index is 0.927. The number of furan rings is 1. The lowest BCUT2D eigenvalue weighted by Gasteiger charge is -2.26. The summed E-state index contributed by atoms with van der Waals surface area (Å²) in [6.45, 7) is 0. The summed E-state index contributed by atoms with van der Waals surface area (Å²) in [5, 5.41) is 6.74. The summed E-state index contributed by atoms with van der Waals surface area (Å²) in [5.41, 5.74) is 18.8. The highest BCUT2D eigenvalue weighted by molar-refractivity contribution is 6.29. The number of para-hydroxylation sites is 3. The van der Waals surface area contributed by atoms with Crippen molar-refractivity contribution in [2.24, 2.45) is 0 Å². The molecule has 0 atom stereocenters. The smallest absolute Gasteiger partial charge is 0.145 e. The quantitative estimate of drug-likeness (QED) is 0.152. The summed E-state index contributed by atoms with van der Waals surface area (Å²) in [4.78, 5) is 2.32. The van der Waals surface area contributed by atoms with Crippen molar-refractivity contribution >= 4 is 82.6 Å². The van der Waals surface area contributed by atoms with Crippen LogP contribution in [0, 0.1) is 0 Å². The van der Waals surface area contributed by atoms with Gasteiger partial charge in [0.05, 0.1) is 32.8 Å². The monoisotopic (exact) mass is 893 g/mol. The van der Waals surface area contributed by atoms with Gasteiger partial charge in [-0.3, -0.25) is 0 Å². The highest BCUT2D eigenvalue weighted by atomic mass is 16.3. The van der Waals surface area contributed by atoms with E-state index in [1.165, 1.54) is 33.4 Å². The van der Waals surface area contributed by atoms with Crippen molar-refractivity contribution in [1.82, 2.24) is 9.13 Å². The molecule has 0 saturated carbocycles. The van der Waals surface area contributed by atoms with Crippen molar-refractivity contribution < 1.29 is 4.42 Å². The lowest BCUT2D eigenvalue weighted by atomic mass is 9.98. The Morgan fingerprint density at radius 1 is 0.257 bits per heavy atom. The molecule has 3 heterocycles. The molecule has 4 nitrogen and oxygen atoms in total. The van der Waals surface area contributed by atoms with Crippen LogP contribution in [0.5, 0.6) is 0 Å². The maximum Gasteiger partial charge on any atom is 0.145 e. The molecule has 70 heavy (non-hydrogen) atoms. The molecule has 0 saturated heterocycles. The van der Waals surface area contributed by atoms with Crippen LogP contribution in [0.3, 0.4) is 0 Å². The van der Waals surface area contributed by atoms with Crippen LogP contribution in [-0.2, 0) is 0 Å². The second-order valence-electron chi connectivity index (χ2n) is 18.1. The molecule has 0 N–H and O–H groups in total. The summed E-state index contributed by atoms with van der Waals surface area (Å²) in [6, 6.07) is 93.8. The van der Waals surface area contributed by atoms with Crippen molar-refractivity contribution in [3.8, 4) is 44.8 Å². The van der Waals surface area contributed by atoms with Gasteiger partial charge in [-0.15, -0.1) is 0 Å². The average molecular weight is 894 g/mol. The summed E-state index contributed by atoms with van der Waals surface area (Å²) >= 11 is 0. The van der Waals surface area contributed by atoms with E-state index in [1.54, 1.807) is 0 Å². The number of hydrogen-bond acceptors (Lipinski definition) is 2. The van der Waals surface area contributed by atoms with Crippen LogP contribution in [0.1, 0.15) is 0 Å². The zero-order chi connectivity index (χ0) is 46.1. The molecule has 14 rings (SSSR count). The van der Waals surface area contributed by atoms with E-state index in [9.17, 15) is 0 Å². The molecule has 328 valence electrons. The predicted molar refractivity (Wildman–Crippen MR) is 293 cm³/mol. The number of hydrogen-bond donors (Lipinski definition) is 0. The van der Waals surface area contributed by atoms with E-state index in [2.05, 4.69) is 275 Å². The van der Waals surface area contributed by atoms with Gasteiger partial charge in [0.25, 0.3) is 0 Å². The van der Waals surface area contributed by atoms with Gasteiger partial charge < -0.3 is 18.5 Å². The van der Waals surface area contributed by atoms with Gasteiger partial charge in [-0.25, -0.2) is 0 Å². The van der Waals surface area contributed by atoms with Crippen molar-refractivity contribution in [2.45, 2.75) is 0 Å². The number of fused-ring (bicyclic) bond motifs is 11. The third-order valence-electron chi connectivity index (χ3n) is 14.1. The fraction of sp³-hybridized carbons (Fsp3) is 0. The highest BCUT2D eigenvalue weighted by Gasteiger charge is 2.23. The first-order valence-corrected chi connectivity index (χ1v) is 23.9. The fourth-order valence-electron chi connectivity index (χ4n) is 10.9. The van der Waals surface area contributed by atoms with Gasteiger partial charge in [-0.05, 0) is 137 Å². The maximum atomic E-state index is 7.33. The lowest BCUT2D eigenvalue weighted by molar-refractivity contribution is 0.677. The van der Waals surface area contributed by atoms with Crippen molar-refractivity contribution in [1.29, 1.82) is 0 Å². The maximum absolute atomic E-state index is 7.33. The number of nitrogens with zero attached hydrogens (tertiary/aromatic N) is 3. The third kappa shape index (κ3) is 6.38. The summed E-state index contributed by atoms with van der Waals surface area (Å²) in [6.07, 6.45) is 0. The number of rotatable bonds is 8. The molecular formula is C66H43N3O. The zero-order valence-corrected chi connectivity index (χ0v) is 38.1. The predicted octanol–water partition coefficient (Wildman–Crippen LogP) is 18.3. The molecule has 0 amide bonds. The third-order valence-corrected chi connectivity index (χ3v) is 14.1. The number of benzene rings is 11. The van der Waals surface area contributed by atoms with Gasteiger partial charge in [0.2, 0.25) is 0 Å². The molecule has 0 aliphatic rings. The zero-order valence-electron chi connectivity index (χ0n) is 38.1. The van der Waals surface area contributed by atoms with Gasteiger partial charge >= 0.3 is 0 Å². The van der Waals surface area contributed by atoms with Crippen molar-refractivity contribution in [2.75, 3.05) is 4.90 Å². The second-order valence-corrected chi connectivity index (χ2v) is 18.1. The van der Waals surface area contributed by atoms with E-state index in [4.69, 9.17) is 4.42 Å². The summed E-state index contributed by atoms with van der Waals surface area (Å²) in [5.74, 6) is 0. The molecule has 0 unspecified atom stereocenters. The van der Waals surface area contributed by atoms with Crippen LogP contribution >= 0.6 is 0 Å². The van der Waals surface area contributed by atoms with E-state index in [0.717, 1.165) is 94.0 Å². The van der Waals surface area contributed by atoms with Crippen LogP contribution < -0.4 is 4.90 Å². The molecule has 0 spiro atoms. The molecule has 3 aromatic heterocycles. The van der Waals surface area contributed by atoms with Gasteiger partial charge in [0, 0.05) is 50.0 Å². The first-order valence-electron chi connectivity index (χ1n) is 23.9. The number of anilines is 3. The topological polar surface area (TPSA) is 26.2 Å². The first-order chi connectivity index (χ1) is 34.7. The first kappa shape index (κ1) is 39.8. The summed E-state index contributed by atoms with van der Waals surface area (Å²) in [7, 11) is 0. The normalized spacial score (nSPS) is 11.7. The highest BCUT2D eigenvalue weighted by Crippen LogP contribution is 2.46. The number of aromatic nitrogens is 2. The molecule has 4 heteroatoms. The van der Waals surface area contributed by atoms with Crippen LogP contribution in [-0.4, -0.2) is 9.13 Å². The van der Waals surface area contributed by atoms with Crippen molar-refractivity contribution in [3.05, 3.63) is 261 Å². The van der Waals surface area contributed by atoms with Crippen LogP contribution in [0.4, 0.5) is 17.1 Å². The molecule has 0 radical (unpaired) electrons. The van der Waals surface area contributed by atoms with Gasteiger partial charge in [0.15, 0.2) is 0 Å². The molecular weight excluding hydrogens is 851 g/mol. The Morgan fingerprint density at radius 2 is 0.643 bits per heavy atom. The Morgan fingerprint density at radius 3 is 1.14 bits per heavy atom. The minimum absolute atomic E-state index is 0.898. The minimum Gasteiger partial charge on any atom is -0.455 e. The molecule has 0 bridgehead atoms. The fourth-order valence-corrected chi connectivity index (χ4v) is 10.9. The van der Waals surface area contributed by atoms with Gasteiger partial charge in [-0.1, -0.05) is 158 Å². The van der Waals surface area contributed by atoms with E-state index in [0.29, 0.717) is 0 Å². The SMILES string of the molecule is c1ccc(-c2ccc(N(c3ccccc3)c3ccc(-n4c5ccccc5c5c6oc7c(ccc8c7c7ccccc7n8-c7cc(-c8ccccc8)cc(-c8ccccc8)c7)c6ccc54)cc3)cc2)cc1. The Labute approximate surface area is 404 Å². The van der Waals surface area contributed by atoms with E-state index < -0.39 is 0 Å². The standard InChI is InChI=1S/C66H43N3O/c1-5-17-44(18-6-1)47-29-31-51(32-30-47)67(50-23-11-4-12-24-50)52-33-35-53(36-34-52)68-59-27-15-13-25-57(59)63-61(68)39-37-55-56-38-40-62-64(66(56)70-65(55)63)58-26-14-16-28-60(58)69(62)54-42-48(45-19-7-2-8-20-45)41-49(43-54)46-21-9-3-10-22-46/h1-43H. The average Bonchev–Trinajstić information content (AvgIpc) is 4.10. The Hall–Kier alpha value is -9.38. The molecule has 11 aromatic carbocycles. The molecule has 14 aromatic rings. The molecule has 0 aliphatic carbocycles. The van der Waals surface area contributed by atoms with Crippen LogP contribution in [0.15, 0.2) is 265 Å². The molecule has 0 fully saturated rings. The van der Waals surface area contributed by atoms with Crippen LogP contribution in [0.2, 0.25) is 0 Å². The minimum atomic E-state index is 0.898. The lowest BCUT2D eigenvalue weighted by Crippen LogP contribution is -2.10. The van der Waals surface area contributed by atoms with E-state index >= 15 is 0 Å². The van der Waals surface area contributed by atoms with Crippen LogP contribution in [0.25, 0.3) is 110 Å². The van der Waals surface area contributed by atoms with E-state index in [-0.39, 0.29) is 0 Å². The largest absolute Gasteiger partial charge is 0.455 e. The second kappa shape index (κ2) is 16.2. The Kier molecular flexibility index (Phi) is 9.17. The molecule has 0 aliphatic heterocycles. The van der Waals surface area contributed by atoms with Gasteiger partial charge in [-0.2, -0.15) is 0 Å². The summed E-state index contributed by atoms with van der Waals surface area (Å²) < 4.78 is 12.1. The Bertz CT molecular complexity index is 4190. The van der Waals surface area contributed by atoms with Crippen molar-refractivity contribution in [3.63, 3.8) is 0 Å².